The zero-order valence-corrected chi connectivity index (χ0v) is 19.8. The van der Waals surface area contributed by atoms with Crippen molar-refractivity contribution >= 4 is 22.7 Å². The average molecular weight is 465 g/mol. The molecule has 0 aliphatic carbocycles. The van der Waals surface area contributed by atoms with E-state index in [-0.39, 0.29) is 24.4 Å². The Kier molecular flexibility index (Phi) is 5.38. The van der Waals surface area contributed by atoms with Crippen LogP contribution in [0.5, 0.6) is 0 Å². The van der Waals surface area contributed by atoms with Crippen LogP contribution in [0.1, 0.15) is 27.5 Å². The number of rotatable bonds is 4. The molecular formula is C29H28N4O2. The Bertz CT molecular complexity index is 1400. The molecule has 3 heterocycles. The molecule has 1 saturated heterocycles. The standard InChI is InChI=1S/C29H28N4O2/c1-31-15-17-32(18-16-31)25(34)19-33-28(21-11-5-6-12-22(21)29(33)35)26-23-13-7-8-14-24(23)30-27(26)20-9-3-2-4-10-20/h2-14,28,30H,15-19H2,1H3. The first kappa shape index (κ1) is 21.6. The largest absolute Gasteiger partial charge is 0.354 e. The van der Waals surface area contributed by atoms with Gasteiger partial charge in [0.05, 0.1) is 11.7 Å². The highest BCUT2D eigenvalue weighted by Crippen LogP contribution is 2.45. The van der Waals surface area contributed by atoms with Gasteiger partial charge >= 0.3 is 0 Å². The number of hydrogen-bond donors (Lipinski definition) is 1. The zero-order chi connectivity index (χ0) is 23.9. The molecule has 4 aromatic rings. The summed E-state index contributed by atoms with van der Waals surface area (Å²) in [5.74, 6) is -0.0808. The maximum atomic E-state index is 13.7. The molecule has 2 amide bonds. The van der Waals surface area contributed by atoms with Gasteiger partial charge in [0.25, 0.3) is 5.91 Å². The third-order valence-electron chi connectivity index (χ3n) is 7.30. The number of carbonyl (C=O) groups excluding carboxylic acids is 2. The Hall–Kier alpha value is -3.90. The Balaban J connectivity index is 1.48. The fourth-order valence-electron chi connectivity index (χ4n) is 5.43. The highest BCUT2D eigenvalue weighted by molar-refractivity contribution is 6.03. The lowest BCUT2D eigenvalue weighted by Gasteiger charge is -2.34. The molecule has 176 valence electrons. The first-order chi connectivity index (χ1) is 17.1. The molecule has 35 heavy (non-hydrogen) atoms. The molecule has 1 unspecified atom stereocenters. The van der Waals surface area contributed by atoms with E-state index in [1.54, 1.807) is 4.90 Å². The molecular weight excluding hydrogens is 436 g/mol. The van der Waals surface area contributed by atoms with Gasteiger partial charge in [-0.05, 0) is 30.3 Å². The second kappa shape index (κ2) is 8.71. The number of hydrogen-bond acceptors (Lipinski definition) is 3. The first-order valence-corrected chi connectivity index (χ1v) is 12.1. The predicted molar refractivity (Wildman–Crippen MR) is 137 cm³/mol. The van der Waals surface area contributed by atoms with Crippen LogP contribution in [0.25, 0.3) is 22.2 Å². The van der Waals surface area contributed by atoms with E-state index in [0.29, 0.717) is 18.7 Å². The van der Waals surface area contributed by atoms with Gasteiger partial charge in [0.15, 0.2) is 0 Å². The molecule has 0 radical (unpaired) electrons. The molecule has 6 rings (SSSR count). The number of piperazine rings is 1. The predicted octanol–water partition coefficient (Wildman–Crippen LogP) is 4.15. The van der Waals surface area contributed by atoms with Gasteiger partial charge in [0.1, 0.15) is 6.54 Å². The molecule has 0 bridgehead atoms. The van der Waals surface area contributed by atoms with Crippen molar-refractivity contribution in [3.05, 3.63) is 95.6 Å². The normalized spacial score (nSPS) is 18.3. The Morgan fingerprint density at radius 2 is 1.57 bits per heavy atom. The molecule has 0 spiro atoms. The number of amides is 2. The van der Waals surface area contributed by atoms with E-state index in [0.717, 1.165) is 46.4 Å². The molecule has 2 aliphatic heterocycles. The number of H-pyrrole nitrogens is 1. The summed E-state index contributed by atoms with van der Waals surface area (Å²) in [5, 5.41) is 1.07. The molecule has 3 aromatic carbocycles. The van der Waals surface area contributed by atoms with E-state index in [1.165, 1.54) is 0 Å². The van der Waals surface area contributed by atoms with Gasteiger partial charge in [-0.2, -0.15) is 0 Å². The Morgan fingerprint density at radius 3 is 2.37 bits per heavy atom. The summed E-state index contributed by atoms with van der Waals surface area (Å²) in [4.78, 5) is 36.6. The van der Waals surface area contributed by atoms with Crippen LogP contribution < -0.4 is 0 Å². The highest BCUT2D eigenvalue weighted by Gasteiger charge is 2.41. The maximum absolute atomic E-state index is 13.7. The second-order valence-electron chi connectivity index (χ2n) is 9.43. The summed E-state index contributed by atoms with van der Waals surface area (Å²) in [6.45, 7) is 3.15. The highest BCUT2D eigenvalue weighted by atomic mass is 16.2. The summed E-state index contributed by atoms with van der Waals surface area (Å²) in [7, 11) is 2.07. The lowest BCUT2D eigenvalue weighted by atomic mass is 9.93. The van der Waals surface area contributed by atoms with Crippen molar-refractivity contribution in [1.82, 2.24) is 19.7 Å². The van der Waals surface area contributed by atoms with Crippen LogP contribution in [0.15, 0.2) is 78.9 Å². The van der Waals surface area contributed by atoms with Crippen molar-refractivity contribution in [2.75, 3.05) is 39.8 Å². The van der Waals surface area contributed by atoms with Gasteiger partial charge in [0.2, 0.25) is 5.91 Å². The molecule has 1 fully saturated rings. The summed E-state index contributed by atoms with van der Waals surface area (Å²) in [5.41, 5.74) is 5.72. The maximum Gasteiger partial charge on any atom is 0.255 e. The van der Waals surface area contributed by atoms with Crippen LogP contribution in [-0.2, 0) is 4.79 Å². The lowest BCUT2D eigenvalue weighted by molar-refractivity contribution is -0.133. The summed E-state index contributed by atoms with van der Waals surface area (Å²) in [6, 6.07) is 25.8. The summed E-state index contributed by atoms with van der Waals surface area (Å²) in [6.07, 6.45) is 0. The van der Waals surface area contributed by atoms with Gasteiger partial charge in [-0.1, -0.05) is 66.7 Å². The number of nitrogens with zero attached hydrogens (tertiary/aromatic N) is 3. The first-order valence-electron chi connectivity index (χ1n) is 12.1. The van der Waals surface area contributed by atoms with Crippen molar-refractivity contribution in [2.45, 2.75) is 6.04 Å². The van der Waals surface area contributed by atoms with E-state index >= 15 is 0 Å². The monoisotopic (exact) mass is 464 g/mol. The number of aromatic nitrogens is 1. The third kappa shape index (κ3) is 3.70. The number of para-hydroxylation sites is 1. The number of nitrogens with one attached hydrogen (secondary N) is 1. The minimum atomic E-state index is -0.346. The Morgan fingerprint density at radius 1 is 0.886 bits per heavy atom. The average Bonchev–Trinajstić information content (AvgIpc) is 3.40. The van der Waals surface area contributed by atoms with Crippen LogP contribution in [0.2, 0.25) is 0 Å². The molecule has 0 saturated carbocycles. The van der Waals surface area contributed by atoms with Gasteiger partial charge in [0, 0.05) is 48.2 Å². The van der Waals surface area contributed by atoms with Crippen molar-refractivity contribution in [3.63, 3.8) is 0 Å². The number of likely N-dealkylation sites (N-methyl/N-ethyl adjacent to an activating group) is 1. The smallest absolute Gasteiger partial charge is 0.255 e. The Labute approximate surface area is 204 Å². The van der Waals surface area contributed by atoms with Crippen LogP contribution in [0.3, 0.4) is 0 Å². The summed E-state index contributed by atoms with van der Waals surface area (Å²) < 4.78 is 0. The quantitative estimate of drug-likeness (QED) is 0.494. The fourth-order valence-corrected chi connectivity index (χ4v) is 5.43. The van der Waals surface area contributed by atoms with Gasteiger partial charge in [-0.25, -0.2) is 0 Å². The minimum absolute atomic E-state index is 0.00496. The fraction of sp³-hybridized carbons (Fsp3) is 0.241. The van der Waals surface area contributed by atoms with Gasteiger partial charge in [-0.15, -0.1) is 0 Å². The van der Waals surface area contributed by atoms with Gasteiger partial charge in [-0.3, -0.25) is 9.59 Å². The van der Waals surface area contributed by atoms with Crippen LogP contribution in [0.4, 0.5) is 0 Å². The summed E-state index contributed by atoms with van der Waals surface area (Å²) >= 11 is 0. The number of aromatic amines is 1. The molecule has 1 atom stereocenters. The van der Waals surface area contributed by atoms with E-state index in [1.807, 2.05) is 59.5 Å². The SMILES string of the molecule is CN1CCN(C(=O)CN2C(=O)c3ccccc3C2c2c(-c3ccccc3)[nH]c3ccccc23)CC1. The van der Waals surface area contributed by atoms with E-state index < -0.39 is 0 Å². The van der Waals surface area contributed by atoms with E-state index in [9.17, 15) is 9.59 Å². The van der Waals surface area contributed by atoms with E-state index in [4.69, 9.17) is 0 Å². The number of carbonyl (C=O) groups is 2. The van der Waals surface area contributed by atoms with Crippen molar-refractivity contribution in [2.24, 2.45) is 0 Å². The topological polar surface area (TPSA) is 59.6 Å². The lowest BCUT2D eigenvalue weighted by Crippen LogP contribution is -2.50. The van der Waals surface area contributed by atoms with Crippen molar-refractivity contribution in [3.8, 4) is 11.3 Å². The number of benzene rings is 3. The molecule has 2 aliphatic rings. The van der Waals surface area contributed by atoms with E-state index in [2.05, 4.69) is 41.2 Å². The minimum Gasteiger partial charge on any atom is -0.354 e. The van der Waals surface area contributed by atoms with Gasteiger partial charge < -0.3 is 19.7 Å². The number of fused-ring (bicyclic) bond motifs is 2. The second-order valence-corrected chi connectivity index (χ2v) is 9.43. The van der Waals surface area contributed by atoms with Crippen LogP contribution in [-0.4, -0.2) is 71.3 Å². The van der Waals surface area contributed by atoms with Crippen molar-refractivity contribution < 1.29 is 9.59 Å². The third-order valence-corrected chi connectivity index (χ3v) is 7.30. The molecule has 1 aromatic heterocycles. The van der Waals surface area contributed by atoms with Crippen LogP contribution in [0, 0.1) is 0 Å². The van der Waals surface area contributed by atoms with Crippen LogP contribution >= 0.6 is 0 Å². The molecule has 1 N–H and O–H groups in total. The van der Waals surface area contributed by atoms with Crippen molar-refractivity contribution in [1.29, 1.82) is 0 Å². The molecule has 6 nitrogen and oxygen atoms in total. The zero-order valence-electron chi connectivity index (χ0n) is 19.8. The molecule has 6 heteroatoms.